The Balaban J connectivity index is 1.29. The lowest BCUT2D eigenvalue weighted by Crippen LogP contribution is -2.32. The van der Waals surface area contributed by atoms with Crippen LogP contribution in [0, 0.1) is 13.8 Å². The van der Waals surface area contributed by atoms with Crippen LogP contribution in [0.3, 0.4) is 0 Å². The summed E-state index contributed by atoms with van der Waals surface area (Å²) in [5.41, 5.74) is 3.23. The van der Waals surface area contributed by atoms with Crippen LogP contribution < -0.4 is 5.32 Å². The van der Waals surface area contributed by atoms with Crippen LogP contribution in [0.25, 0.3) is 11.5 Å². The monoisotopic (exact) mass is 381 g/mol. The van der Waals surface area contributed by atoms with Crippen molar-refractivity contribution in [3.8, 4) is 11.5 Å². The minimum Gasteiger partial charge on any atom is -0.466 e. The summed E-state index contributed by atoms with van der Waals surface area (Å²) in [6.45, 7) is 4.85. The fraction of sp³-hybridized carbons (Fsp3) is 0.381. The molecule has 2 aromatic heterocycles. The number of fused-ring (bicyclic) bond motifs is 1. The number of furan rings is 1. The highest BCUT2D eigenvalue weighted by Gasteiger charge is 2.21. The van der Waals surface area contributed by atoms with E-state index < -0.39 is 0 Å². The van der Waals surface area contributed by atoms with Crippen molar-refractivity contribution >= 4 is 5.91 Å². The van der Waals surface area contributed by atoms with E-state index in [0.717, 1.165) is 29.1 Å². The smallest absolute Gasteiger partial charge is 0.251 e. The first-order chi connectivity index (χ1) is 13.6. The van der Waals surface area contributed by atoms with Gasteiger partial charge in [0.15, 0.2) is 0 Å². The van der Waals surface area contributed by atoms with E-state index in [-0.39, 0.29) is 18.4 Å². The summed E-state index contributed by atoms with van der Waals surface area (Å²) < 4.78 is 17.0. The molecule has 0 bridgehead atoms. The van der Waals surface area contributed by atoms with Gasteiger partial charge in [0.2, 0.25) is 11.8 Å². The quantitative estimate of drug-likeness (QED) is 0.704. The molecule has 7 nitrogen and oxygen atoms in total. The first kappa shape index (κ1) is 18.4. The van der Waals surface area contributed by atoms with Crippen LogP contribution in [0.5, 0.6) is 0 Å². The van der Waals surface area contributed by atoms with Gasteiger partial charge in [-0.15, -0.1) is 10.2 Å². The molecule has 1 aliphatic rings. The molecule has 4 rings (SSSR count). The van der Waals surface area contributed by atoms with E-state index in [2.05, 4.69) is 27.6 Å². The van der Waals surface area contributed by atoms with Crippen molar-refractivity contribution in [1.82, 2.24) is 15.5 Å². The maximum atomic E-state index is 12.2. The fourth-order valence-electron chi connectivity index (χ4n) is 3.47. The summed E-state index contributed by atoms with van der Waals surface area (Å²) >= 11 is 0. The molecule has 0 saturated heterocycles. The van der Waals surface area contributed by atoms with Crippen LogP contribution in [0.2, 0.25) is 0 Å². The van der Waals surface area contributed by atoms with Gasteiger partial charge < -0.3 is 18.9 Å². The number of hydrogen-bond donors (Lipinski definition) is 1. The molecule has 0 radical (unpaired) electrons. The number of hydrogen-bond acceptors (Lipinski definition) is 6. The largest absolute Gasteiger partial charge is 0.466 e. The minimum atomic E-state index is -0.101. The molecule has 3 aromatic rings. The maximum absolute atomic E-state index is 12.2. The molecule has 0 saturated carbocycles. The average Bonchev–Trinajstić information content (AvgIpc) is 3.30. The third kappa shape index (κ3) is 3.99. The van der Waals surface area contributed by atoms with E-state index in [1.165, 1.54) is 5.56 Å². The molecule has 1 aliphatic heterocycles. The Bertz CT molecular complexity index is 976. The summed E-state index contributed by atoms with van der Waals surface area (Å²) in [5.74, 6) is 2.30. The van der Waals surface area contributed by atoms with Gasteiger partial charge in [0.05, 0.1) is 12.2 Å². The first-order valence-electron chi connectivity index (χ1n) is 9.46. The highest BCUT2D eigenvalue weighted by atomic mass is 16.5. The second kappa shape index (κ2) is 7.98. The van der Waals surface area contributed by atoms with Crippen molar-refractivity contribution in [2.75, 3.05) is 13.2 Å². The number of nitrogens with one attached hydrogen (secondary N) is 1. The zero-order valence-corrected chi connectivity index (χ0v) is 16.0. The lowest BCUT2D eigenvalue weighted by Gasteiger charge is -2.26. The molecule has 0 aliphatic carbocycles. The van der Waals surface area contributed by atoms with Crippen LogP contribution in [-0.4, -0.2) is 29.3 Å². The second-order valence-corrected chi connectivity index (χ2v) is 6.94. The third-order valence-electron chi connectivity index (χ3n) is 4.88. The predicted octanol–water partition coefficient (Wildman–Crippen LogP) is 3.31. The van der Waals surface area contributed by atoms with Gasteiger partial charge in [0.25, 0.3) is 5.89 Å². The minimum absolute atomic E-state index is 0.0678. The number of rotatable bonds is 6. The van der Waals surface area contributed by atoms with Gasteiger partial charge in [-0.2, -0.15) is 0 Å². The number of nitrogens with zero attached hydrogens (tertiary/aromatic N) is 2. The Morgan fingerprint density at radius 3 is 2.89 bits per heavy atom. The molecule has 1 amide bonds. The Kier molecular flexibility index (Phi) is 5.25. The molecule has 1 atom stereocenters. The van der Waals surface area contributed by atoms with Gasteiger partial charge >= 0.3 is 0 Å². The number of benzene rings is 1. The first-order valence-corrected chi connectivity index (χ1v) is 9.46. The van der Waals surface area contributed by atoms with Crippen molar-refractivity contribution < 1.29 is 18.4 Å². The zero-order chi connectivity index (χ0) is 19.5. The van der Waals surface area contributed by atoms with Gasteiger partial charge in [-0.05, 0) is 37.5 Å². The molecule has 1 aromatic carbocycles. The average molecular weight is 381 g/mol. The van der Waals surface area contributed by atoms with Crippen molar-refractivity contribution in [1.29, 1.82) is 0 Å². The number of carbonyl (C=O) groups excluding carboxylic acids is 1. The number of carbonyl (C=O) groups is 1. The summed E-state index contributed by atoms with van der Waals surface area (Å²) in [6, 6.07) is 10.1. The Morgan fingerprint density at radius 1 is 1.21 bits per heavy atom. The Labute approximate surface area is 163 Å². The maximum Gasteiger partial charge on any atom is 0.251 e. The molecular weight excluding hydrogens is 358 g/mol. The molecule has 1 N–H and O–H groups in total. The lowest BCUT2D eigenvalue weighted by molar-refractivity contribution is -0.121. The molecule has 7 heteroatoms. The van der Waals surface area contributed by atoms with Gasteiger partial charge in [-0.3, -0.25) is 4.79 Å². The van der Waals surface area contributed by atoms with E-state index >= 15 is 0 Å². The molecule has 1 unspecified atom stereocenters. The van der Waals surface area contributed by atoms with Gasteiger partial charge in [0, 0.05) is 19.4 Å². The van der Waals surface area contributed by atoms with Gasteiger partial charge in [-0.25, -0.2) is 0 Å². The SMILES string of the molecule is Cc1cc(-c2nnc(CCC(=O)NCC3OCCc4ccccc43)o2)c(C)o1. The molecule has 28 heavy (non-hydrogen) atoms. The number of aromatic nitrogens is 2. The van der Waals surface area contributed by atoms with Crippen LogP contribution in [0.15, 0.2) is 39.2 Å². The van der Waals surface area contributed by atoms with Crippen LogP contribution in [0.1, 0.15) is 41.1 Å². The van der Waals surface area contributed by atoms with Crippen LogP contribution >= 0.6 is 0 Å². The number of amides is 1. The third-order valence-corrected chi connectivity index (χ3v) is 4.88. The molecule has 0 fully saturated rings. The van der Waals surface area contributed by atoms with E-state index in [0.29, 0.717) is 31.4 Å². The van der Waals surface area contributed by atoms with Crippen molar-refractivity contribution in [2.24, 2.45) is 0 Å². The van der Waals surface area contributed by atoms with Gasteiger partial charge in [-0.1, -0.05) is 24.3 Å². The highest BCUT2D eigenvalue weighted by Crippen LogP contribution is 2.27. The molecule has 146 valence electrons. The summed E-state index contributed by atoms with van der Waals surface area (Å²) in [4.78, 5) is 12.2. The normalized spacial score (nSPS) is 16.0. The molecule has 0 spiro atoms. The summed E-state index contributed by atoms with van der Waals surface area (Å²) in [6.07, 6.45) is 1.47. The lowest BCUT2D eigenvalue weighted by atomic mass is 9.97. The zero-order valence-electron chi connectivity index (χ0n) is 16.0. The van der Waals surface area contributed by atoms with Crippen molar-refractivity contribution in [3.05, 3.63) is 58.9 Å². The van der Waals surface area contributed by atoms with E-state index in [1.807, 2.05) is 32.0 Å². The van der Waals surface area contributed by atoms with Crippen LogP contribution in [0.4, 0.5) is 0 Å². The van der Waals surface area contributed by atoms with E-state index in [4.69, 9.17) is 13.6 Å². The predicted molar refractivity (Wildman–Crippen MR) is 102 cm³/mol. The van der Waals surface area contributed by atoms with Crippen molar-refractivity contribution in [3.63, 3.8) is 0 Å². The highest BCUT2D eigenvalue weighted by molar-refractivity contribution is 5.76. The van der Waals surface area contributed by atoms with Crippen LogP contribution in [-0.2, 0) is 22.4 Å². The summed E-state index contributed by atoms with van der Waals surface area (Å²) in [5, 5.41) is 11.0. The van der Waals surface area contributed by atoms with Crippen molar-refractivity contribution in [2.45, 2.75) is 39.2 Å². The fourth-order valence-corrected chi connectivity index (χ4v) is 3.47. The van der Waals surface area contributed by atoms with E-state index in [9.17, 15) is 4.79 Å². The molecule has 3 heterocycles. The molecular formula is C21H23N3O4. The number of aryl methyl sites for hydroxylation is 3. The topological polar surface area (TPSA) is 90.4 Å². The Morgan fingerprint density at radius 2 is 2.07 bits per heavy atom. The standard InChI is InChI=1S/C21H23N3O4/c1-13-11-17(14(2)27-13)21-24-23-20(28-21)8-7-19(25)22-12-18-16-6-4-3-5-15(16)9-10-26-18/h3-6,11,18H,7-10,12H2,1-2H3,(H,22,25). The Hall–Kier alpha value is -2.93. The summed E-state index contributed by atoms with van der Waals surface area (Å²) in [7, 11) is 0. The second-order valence-electron chi connectivity index (χ2n) is 6.94. The number of ether oxygens (including phenoxy) is 1. The van der Waals surface area contributed by atoms with Gasteiger partial charge in [0.1, 0.15) is 17.6 Å². The van der Waals surface area contributed by atoms with E-state index in [1.54, 1.807) is 0 Å².